The van der Waals surface area contributed by atoms with E-state index in [1.165, 1.54) is 31.3 Å². The molecule has 0 bridgehead atoms. The molecule has 0 atom stereocenters. The second kappa shape index (κ2) is 9.54. The van der Waals surface area contributed by atoms with E-state index in [0.717, 1.165) is 30.3 Å². The summed E-state index contributed by atoms with van der Waals surface area (Å²) in [5, 5.41) is 4.20. The lowest BCUT2D eigenvalue weighted by molar-refractivity contribution is -0.138. The number of hydrogen-bond donors (Lipinski definition) is 2. The molecule has 0 fully saturated rings. The summed E-state index contributed by atoms with van der Waals surface area (Å²) in [4.78, 5) is 27.1. The number of amides is 2. The van der Waals surface area contributed by atoms with Crippen LogP contribution in [0.2, 0.25) is 0 Å². The molecule has 1 heterocycles. The summed E-state index contributed by atoms with van der Waals surface area (Å²) >= 11 is 0. The molecule has 34 heavy (non-hydrogen) atoms. The van der Waals surface area contributed by atoms with Crippen LogP contribution < -0.4 is 10.6 Å². The lowest BCUT2D eigenvalue weighted by Gasteiger charge is -2.19. The van der Waals surface area contributed by atoms with Gasteiger partial charge in [0.05, 0.1) is 23.2 Å². The number of alkyl halides is 5. The number of nitrogens with one attached hydrogen (secondary N) is 2. The number of carbonyl (C=O) groups excluding carboxylic acids is 2. The highest BCUT2D eigenvalue weighted by Crippen LogP contribution is 2.34. The van der Waals surface area contributed by atoms with Crippen molar-refractivity contribution in [3.8, 4) is 11.1 Å². The summed E-state index contributed by atoms with van der Waals surface area (Å²) in [6, 6.07) is 9.57. The molecule has 0 spiro atoms. The maximum absolute atomic E-state index is 14.6. The molecule has 0 radical (unpaired) electrons. The monoisotopic (exact) mass is 481 g/mol. The van der Waals surface area contributed by atoms with E-state index in [4.69, 9.17) is 0 Å². The predicted octanol–water partition coefficient (Wildman–Crippen LogP) is 5.39. The highest BCUT2D eigenvalue weighted by molar-refractivity contribution is 5.96. The van der Waals surface area contributed by atoms with Gasteiger partial charge < -0.3 is 10.6 Å². The number of halogens is 6. The van der Waals surface area contributed by atoms with Gasteiger partial charge in [-0.25, -0.2) is 9.37 Å². The number of hydrogen-bond acceptors (Lipinski definition) is 3. The molecule has 11 heteroatoms. The first-order chi connectivity index (χ1) is 15.9. The fraction of sp³-hybridized carbons (Fsp3) is 0.174. The van der Waals surface area contributed by atoms with Crippen molar-refractivity contribution in [3.05, 3.63) is 83.3 Å². The molecule has 0 saturated carbocycles. The molecule has 0 aliphatic carbocycles. The standard InChI is InChI=1S/C23H17F6N3O2/c1-13(33)32-20-9-7-15(11-30-20)14-6-8-18(19(24)10-14)22(25,26)12-31-21(34)16-4-2-3-5-17(16)23(27,28)29/h2-11H,12H2,1H3,(H,31,34)(H,30,32,33). The van der Waals surface area contributed by atoms with Gasteiger partial charge in [0, 0.05) is 18.7 Å². The Bertz CT molecular complexity index is 1210. The number of nitrogens with zero attached hydrogens (tertiary/aromatic N) is 1. The Balaban J connectivity index is 1.76. The van der Waals surface area contributed by atoms with Gasteiger partial charge in [0.2, 0.25) is 5.91 Å². The highest BCUT2D eigenvalue weighted by atomic mass is 19.4. The van der Waals surface area contributed by atoms with E-state index in [1.54, 1.807) is 5.32 Å². The molecule has 178 valence electrons. The van der Waals surface area contributed by atoms with Gasteiger partial charge in [0.15, 0.2) is 0 Å². The molecular weight excluding hydrogens is 464 g/mol. The third-order valence-corrected chi connectivity index (χ3v) is 4.71. The van der Waals surface area contributed by atoms with Crippen LogP contribution in [-0.4, -0.2) is 23.3 Å². The first-order valence-corrected chi connectivity index (χ1v) is 9.75. The summed E-state index contributed by atoms with van der Waals surface area (Å²) in [5.74, 6) is -6.64. The summed E-state index contributed by atoms with van der Waals surface area (Å²) in [6.45, 7) is -0.122. The fourth-order valence-electron chi connectivity index (χ4n) is 3.12. The summed E-state index contributed by atoms with van der Waals surface area (Å²) < 4.78 is 82.9. The topological polar surface area (TPSA) is 71.1 Å². The largest absolute Gasteiger partial charge is 0.417 e. The number of benzene rings is 2. The second-order valence-corrected chi connectivity index (χ2v) is 7.24. The molecule has 2 amide bonds. The third-order valence-electron chi connectivity index (χ3n) is 4.71. The van der Waals surface area contributed by atoms with E-state index in [2.05, 4.69) is 10.3 Å². The van der Waals surface area contributed by atoms with E-state index < -0.39 is 47.1 Å². The molecule has 0 aliphatic rings. The lowest BCUT2D eigenvalue weighted by Crippen LogP contribution is -2.36. The smallest absolute Gasteiger partial charge is 0.346 e. The van der Waals surface area contributed by atoms with E-state index in [9.17, 15) is 35.9 Å². The van der Waals surface area contributed by atoms with Crippen LogP contribution in [0, 0.1) is 5.82 Å². The normalized spacial score (nSPS) is 11.7. The molecule has 5 nitrogen and oxygen atoms in total. The Morgan fingerprint density at radius 1 is 0.912 bits per heavy atom. The van der Waals surface area contributed by atoms with Crippen LogP contribution in [0.3, 0.4) is 0 Å². The second-order valence-electron chi connectivity index (χ2n) is 7.24. The Kier molecular flexibility index (Phi) is 6.94. The number of pyridine rings is 1. The van der Waals surface area contributed by atoms with Crippen molar-refractivity contribution >= 4 is 17.6 Å². The minimum atomic E-state index is -4.85. The molecule has 3 rings (SSSR count). The molecule has 0 aliphatic heterocycles. The van der Waals surface area contributed by atoms with Crippen LogP contribution in [0.4, 0.5) is 32.2 Å². The van der Waals surface area contributed by atoms with E-state index in [1.807, 2.05) is 0 Å². The van der Waals surface area contributed by atoms with Crippen LogP contribution in [0.1, 0.15) is 28.4 Å². The average Bonchev–Trinajstić information content (AvgIpc) is 2.77. The quantitative estimate of drug-likeness (QED) is 0.464. The van der Waals surface area contributed by atoms with Crippen molar-refractivity contribution in [1.29, 1.82) is 0 Å². The number of aromatic nitrogens is 1. The molecule has 0 saturated heterocycles. The Labute approximate surface area is 189 Å². The van der Waals surface area contributed by atoms with Crippen LogP contribution >= 0.6 is 0 Å². The van der Waals surface area contributed by atoms with Crippen molar-refractivity contribution in [3.63, 3.8) is 0 Å². The maximum Gasteiger partial charge on any atom is 0.417 e. The maximum atomic E-state index is 14.6. The first kappa shape index (κ1) is 24.7. The molecular formula is C23H17F6N3O2. The Morgan fingerprint density at radius 2 is 1.59 bits per heavy atom. The molecule has 2 N–H and O–H groups in total. The van der Waals surface area contributed by atoms with Gasteiger partial charge in [-0.2, -0.15) is 22.0 Å². The minimum Gasteiger partial charge on any atom is -0.346 e. The Morgan fingerprint density at radius 3 is 2.18 bits per heavy atom. The molecule has 3 aromatic rings. The van der Waals surface area contributed by atoms with Gasteiger partial charge in [-0.1, -0.05) is 18.2 Å². The number of rotatable bonds is 6. The van der Waals surface area contributed by atoms with Gasteiger partial charge >= 0.3 is 6.18 Å². The SMILES string of the molecule is CC(=O)Nc1ccc(-c2ccc(C(F)(F)CNC(=O)c3ccccc3C(F)(F)F)c(F)c2)cn1. The van der Waals surface area contributed by atoms with Gasteiger partial charge in [-0.05, 0) is 42.0 Å². The van der Waals surface area contributed by atoms with Crippen molar-refractivity contribution in [1.82, 2.24) is 10.3 Å². The molecule has 0 unspecified atom stereocenters. The highest BCUT2D eigenvalue weighted by Gasteiger charge is 2.38. The van der Waals surface area contributed by atoms with Crippen molar-refractivity contribution < 1.29 is 35.9 Å². The zero-order valence-corrected chi connectivity index (χ0v) is 17.5. The summed E-state index contributed by atoms with van der Waals surface area (Å²) in [7, 11) is 0. The van der Waals surface area contributed by atoms with Crippen LogP contribution in [0.15, 0.2) is 60.8 Å². The van der Waals surface area contributed by atoms with Gasteiger partial charge in [-0.15, -0.1) is 0 Å². The van der Waals surface area contributed by atoms with E-state index >= 15 is 0 Å². The number of anilines is 1. The summed E-state index contributed by atoms with van der Waals surface area (Å²) in [5.41, 5.74) is -2.52. The zero-order chi connectivity index (χ0) is 25.1. The van der Waals surface area contributed by atoms with Gasteiger partial charge in [0.25, 0.3) is 11.8 Å². The predicted molar refractivity (Wildman–Crippen MR) is 112 cm³/mol. The zero-order valence-electron chi connectivity index (χ0n) is 17.5. The Hall–Kier alpha value is -3.89. The summed E-state index contributed by atoms with van der Waals surface area (Å²) in [6.07, 6.45) is -3.54. The number of carbonyl (C=O) groups is 2. The van der Waals surface area contributed by atoms with Crippen LogP contribution in [0.25, 0.3) is 11.1 Å². The van der Waals surface area contributed by atoms with Crippen molar-refractivity contribution in [2.24, 2.45) is 0 Å². The van der Waals surface area contributed by atoms with Gasteiger partial charge in [-0.3, -0.25) is 9.59 Å². The van der Waals surface area contributed by atoms with Gasteiger partial charge in [0.1, 0.15) is 11.6 Å². The molecule has 1 aromatic heterocycles. The van der Waals surface area contributed by atoms with E-state index in [-0.39, 0.29) is 17.3 Å². The third kappa shape index (κ3) is 5.72. The average molecular weight is 481 g/mol. The van der Waals surface area contributed by atoms with Crippen molar-refractivity contribution in [2.45, 2.75) is 19.0 Å². The minimum absolute atomic E-state index is 0.224. The van der Waals surface area contributed by atoms with Crippen molar-refractivity contribution in [2.75, 3.05) is 11.9 Å². The molecule has 2 aromatic carbocycles. The lowest BCUT2D eigenvalue weighted by atomic mass is 10.0. The first-order valence-electron chi connectivity index (χ1n) is 9.75. The van der Waals surface area contributed by atoms with E-state index in [0.29, 0.717) is 11.6 Å². The van der Waals surface area contributed by atoms with Crippen LogP contribution in [-0.2, 0) is 16.9 Å². The fourth-order valence-corrected chi connectivity index (χ4v) is 3.12. The van der Waals surface area contributed by atoms with Crippen LogP contribution in [0.5, 0.6) is 0 Å².